The van der Waals surface area contributed by atoms with Crippen LogP contribution in [0, 0.1) is 5.92 Å². The van der Waals surface area contributed by atoms with E-state index in [4.69, 9.17) is 4.74 Å². The smallest absolute Gasteiger partial charge is 0.541 e. The number of ether oxygens (including phenoxy) is 1. The van der Waals surface area contributed by atoms with Crippen LogP contribution in [-0.2, 0) is 22.5 Å². The normalized spacial score (nSPS) is 17.9. The zero-order valence-electron chi connectivity index (χ0n) is 12.2. The number of carbonyl (C=O) groups is 2. The van der Waals surface area contributed by atoms with Crippen molar-refractivity contribution in [2.24, 2.45) is 5.92 Å². The molecule has 0 saturated carbocycles. The predicted molar refractivity (Wildman–Crippen MR) is 62.0 cm³/mol. The number of carbonyl (C=O) groups excluding carboxylic acids is 2. The molecule has 1 aliphatic heterocycles. The van der Waals surface area contributed by atoms with E-state index >= 15 is 0 Å². The SMILES string of the molecule is CC(C)(C)OC(=O)C1CCc2nnc(C(=O)[O-])n2C1.[Li+]. The van der Waals surface area contributed by atoms with Crippen LogP contribution in [0.1, 0.15) is 43.6 Å². The Morgan fingerprint density at radius 2 is 2.00 bits per heavy atom. The van der Waals surface area contributed by atoms with Crippen LogP contribution in [0.25, 0.3) is 0 Å². The minimum atomic E-state index is -1.39. The number of rotatable bonds is 2. The Morgan fingerprint density at radius 3 is 2.55 bits per heavy atom. The molecule has 1 unspecified atom stereocenters. The van der Waals surface area contributed by atoms with Crippen molar-refractivity contribution in [3.8, 4) is 0 Å². The fraction of sp³-hybridized carbons (Fsp3) is 0.667. The molecule has 2 rings (SSSR count). The van der Waals surface area contributed by atoms with Crippen LogP contribution in [-0.4, -0.2) is 32.3 Å². The van der Waals surface area contributed by atoms with Gasteiger partial charge < -0.3 is 19.2 Å². The molecule has 104 valence electrons. The number of carboxylic acids is 1. The molecule has 2 heterocycles. The van der Waals surface area contributed by atoms with Crippen molar-refractivity contribution in [3.63, 3.8) is 0 Å². The Bertz CT molecular complexity index is 521. The fourth-order valence-electron chi connectivity index (χ4n) is 2.06. The third kappa shape index (κ3) is 3.61. The van der Waals surface area contributed by atoms with Crippen LogP contribution >= 0.6 is 0 Å². The Balaban J connectivity index is 0.00000200. The summed E-state index contributed by atoms with van der Waals surface area (Å²) in [6.45, 7) is 5.61. The van der Waals surface area contributed by atoms with Gasteiger partial charge in [-0.05, 0) is 27.2 Å². The number of fused-ring (bicyclic) bond motifs is 1. The maximum absolute atomic E-state index is 12.0. The average Bonchev–Trinajstić information content (AvgIpc) is 2.68. The number of hydrogen-bond donors (Lipinski definition) is 0. The van der Waals surface area contributed by atoms with Gasteiger partial charge in [0, 0.05) is 13.0 Å². The zero-order chi connectivity index (χ0) is 14.2. The molecule has 7 nitrogen and oxygen atoms in total. The van der Waals surface area contributed by atoms with E-state index in [1.807, 2.05) is 0 Å². The summed E-state index contributed by atoms with van der Waals surface area (Å²) < 4.78 is 6.74. The molecule has 8 heteroatoms. The van der Waals surface area contributed by atoms with Gasteiger partial charge >= 0.3 is 24.8 Å². The standard InChI is InChI=1S/C12H17N3O4.Li/c1-12(2,3)19-11(18)7-4-5-8-13-14-9(10(16)17)15(8)6-7;/h7H,4-6H2,1-3H3,(H,16,17);/q;+1/p-1. The quantitative estimate of drug-likeness (QED) is 0.410. The molecular formula is C12H16LiN3O4. The van der Waals surface area contributed by atoms with Gasteiger partial charge in [0.2, 0.25) is 0 Å². The number of aromatic carboxylic acids is 1. The third-order valence-corrected chi connectivity index (χ3v) is 2.87. The molecule has 0 N–H and O–H groups in total. The summed E-state index contributed by atoms with van der Waals surface area (Å²) in [5, 5.41) is 18.2. The minimum absolute atomic E-state index is 0. The molecule has 1 atom stereocenters. The second kappa shape index (κ2) is 5.98. The largest absolute Gasteiger partial charge is 1.00 e. The Morgan fingerprint density at radius 1 is 1.35 bits per heavy atom. The number of nitrogens with zero attached hydrogens (tertiary/aromatic N) is 3. The molecule has 0 aromatic carbocycles. The van der Waals surface area contributed by atoms with Crippen molar-refractivity contribution in [3.05, 3.63) is 11.6 Å². The maximum Gasteiger partial charge on any atom is 1.00 e. The molecule has 20 heavy (non-hydrogen) atoms. The van der Waals surface area contributed by atoms with Crippen molar-refractivity contribution < 1.29 is 38.3 Å². The molecule has 0 amide bonds. The Hall–Kier alpha value is -1.32. The third-order valence-electron chi connectivity index (χ3n) is 2.87. The van der Waals surface area contributed by atoms with Crippen LogP contribution in [0.2, 0.25) is 0 Å². The van der Waals surface area contributed by atoms with E-state index in [-0.39, 0.29) is 43.1 Å². The first-order valence-corrected chi connectivity index (χ1v) is 6.14. The maximum atomic E-state index is 12.0. The van der Waals surface area contributed by atoms with Gasteiger partial charge in [0.15, 0.2) is 5.82 Å². The van der Waals surface area contributed by atoms with Crippen molar-refractivity contribution in [1.29, 1.82) is 0 Å². The first kappa shape index (κ1) is 16.7. The zero-order valence-corrected chi connectivity index (χ0v) is 12.2. The molecular weight excluding hydrogens is 257 g/mol. The van der Waals surface area contributed by atoms with Crippen LogP contribution in [0.4, 0.5) is 0 Å². The molecule has 1 aliphatic rings. The van der Waals surface area contributed by atoms with Gasteiger partial charge in [-0.3, -0.25) is 4.79 Å². The summed E-state index contributed by atoms with van der Waals surface area (Å²) in [6, 6.07) is 0. The van der Waals surface area contributed by atoms with Gasteiger partial charge in [-0.25, -0.2) is 0 Å². The predicted octanol–water partition coefficient (Wildman–Crippen LogP) is -3.45. The minimum Gasteiger partial charge on any atom is -0.541 e. The molecule has 1 aromatic rings. The molecule has 1 aromatic heterocycles. The van der Waals surface area contributed by atoms with E-state index in [0.717, 1.165) is 0 Å². The molecule has 0 radical (unpaired) electrons. The average molecular weight is 273 g/mol. The van der Waals surface area contributed by atoms with Crippen molar-refractivity contribution in [2.45, 2.75) is 45.8 Å². The number of hydrogen-bond acceptors (Lipinski definition) is 6. The van der Waals surface area contributed by atoms with Gasteiger partial charge in [0.05, 0.1) is 5.92 Å². The van der Waals surface area contributed by atoms with E-state index in [0.29, 0.717) is 18.7 Å². The molecule has 0 bridgehead atoms. The summed E-state index contributed by atoms with van der Waals surface area (Å²) in [6.07, 6.45) is 1.09. The monoisotopic (exact) mass is 273 g/mol. The first-order chi connectivity index (χ1) is 8.78. The molecule has 0 aliphatic carbocycles. The van der Waals surface area contributed by atoms with Crippen LogP contribution < -0.4 is 24.0 Å². The number of carboxylic acid groups (broad SMARTS) is 1. The van der Waals surface area contributed by atoms with Gasteiger partial charge in [0.25, 0.3) is 0 Å². The van der Waals surface area contributed by atoms with Gasteiger partial charge in [0.1, 0.15) is 17.4 Å². The van der Waals surface area contributed by atoms with E-state index in [1.54, 1.807) is 20.8 Å². The van der Waals surface area contributed by atoms with E-state index in [9.17, 15) is 14.7 Å². The van der Waals surface area contributed by atoms with E-state index in [1.165, 1.54) is 4.57 Å². The van der Waals surface area contributed by atoms with Crippen LogP contribution in [0.3, 0.4) is 0 Å². The second-order valence-electron chi connectivity index (χ2n) is 5.61. The summed E-state index contributed by atoms with van der Waals surface area (Å²) >= 11 is 0. The Labute approximate surface area is 128 Å². The van der Waals surface area contributed by atoms with Gasteiger partial charge in [-0.1, -0.05) is 0 Å². The number of esters is 1. The second-order valence-corrected chi connectivity index (χ2v) is 5.61. The Kier molecular flexibility index (Phi) is 5.00. The number of aromatic nitrogens is 3. The van der Waals surface area contributed by atoms with E-state index in [2.05, 4.69) is 10.2 Å². The summed E-state index contributed by atoms with van der Waals surface area (Å²) in [4.78, 5) is 22.9. The molecule has 0 saturated heterocycles. The van der Waals surface area contributed by atoms with Crippen molar-refractivity contribution >= 4 is 11.9 Å². The van der Waals surface area contributed by atoms with Crippen molar-refractivity contribution in [2.75, 3.05) is 0 Å². The van der Waals surface area contributed by atoms with Crippen LogP contribution in [0.15, 0.2) is 0 Å². The van der Waals surface area contributed by atoms with Crippen molar-refractivity contribution in [1.82, 2.24) is 14.8 Å². The number of aryl methyl sites for hydroxylation is 1. The first-order valence-electron chi connectivity index (χ1n) is 6.14. The van der Waals surface area contributed by atoms with E-state index < -0.39 is 11.6 Å². The van der Waals surface area contributed by atoms with Gasteiger partial charge in [-0.15, -0.1) is 10.2 Å². The molecule has 0 fully saturated rings. The summed E-state index contributed by atoms with van der Waals surface area (Å²) in [5.74, 6) is -1.75. The fourth-order valence-corrected chi connectivity index (χ4v) is 2.06. The summed E-state index contributed by atoms with van der Waals surface area (Å²) in [7, 11) is 0. The van der Waals surface area contributed by atoms with Gasteiger partial charge in [-0.2, -0.15) is 0 Å². The topological polar surface area (TPSA) is 97.1 Å². The van der Waals surface area contributed by atoms with Crippen LogP contribution in [0.5, 0.6) is 0 Å². The summed E-state index contributed by atoms with van der Waals surface area (Å²) in [5.41, 5.74) is -0.554. The molecule has 0 spiro atoms.